The van der Waals surface area contributed by atoms with Crippen LogP contribution in [0.3, 0.4) is 0 Å². The van der Waals surface area contributed by atoms with Crippen molar-refractivity contribution in [2.75, 3.05) is 12.4 Å². The van der Waals surface area contributed by atoms with Crippen molar-refractivity contribution >= 4 is 11.7 Å². The van der Waals surface area contributed by atoms with Crippen LogP contribution in [-0.4, -0.2) is 13.1 Å². The van der Waals surface area contributed by atoms with Gasteiger partial charge >= 0.3 is 5.97 Å². The molecule has 0 spiro atoms. The number of rotatable bonds is 4. The number of anilines is 1. The molecule has 0 aliphatic rings. The molecule has 2 aromatic rings. The second kappa shape index (κ2) is 6.24. The largest absolute Gasteiger partial charge is 0.465 e. The van der Waals surface area contributed by atoms with E-state index in [1.807, 2.05) is 12.1 Å². The van der Waals surface area contributed by atoms with Gasteiger partial charge in [-0.1, -0.05) is 35.4 Å². The number of hydrogen-bond acceptors (Lipinski definition) is 3. The fraction of sp³-hybridized carbons (Fsp3) is 0.235. The zero-order chi connectivity index (χ0) is 14.5. The molecule has 0 saturated heterocycles. The van der Waals surface area contributed by atoms with E-state index in [2.05, 4.69) is 37.4 Å². The Morgan fingerprint density at radius 3 is 2.45 bits per heavy atom. The number of nitrogens with one attached hydrogen (secondary N) is 1. The van der Waals surface area contributed by atoms with Crippen molar-refractivity contribution in [3.8, 4) is 0 Å². The van der Waals surface area contributed by atoms with Crippen molar-refractivity contribution in [2.24, 2.45) is 0 Å². The predicted octanol–water partition coefficient (Wildman–Crippen LogP) is 3.70. The maximum Gasteiger partial charge on any atom is 0.337 e. The van der Waals surface area contributed by atoms with Gasteiger partial charge in [0, 0.05) is 12.2 Å². The van der Waals surface area contributed by atoms with Crippen LogP contribution in [0.2, 0.25) is 0 Å². The summed E-state index contributed by atoms with van der Waals surface area (Å²) in [4.78, 5) is 11.5. The van der Waals surface area contributed by atoms with E-state index in [0.717, 1.165) is 12.2 Å². The van der Waals surface area contributed by atoms with Crippen LogP contribution >= 0.6 is 0 Å². The van der Waals surface area contributed by atoms with Crippen molar-refractivity contribution in [3.63, 3.8) is 0 Å². The van der Waals surface area contributed by atoms with Crippen molar-refractivity contribution < 1.29 is 9.53 Å². The van der Waals surface area contributed by atoms with E-state index in [4.69, 9.17) is 4.74 Å². The molecular weight excluding hydrogens is 250 g/mol. The molecular formula is C17H19NO2. The summed E-state index contributed by atoms with van der Waals surface area (Å²) in [6, 6.07) is 13.8. The lowest BCUT2D eigenvalue weighted by Gasteiger charge is -2.09. The second-order valence-corrected chi connectivity index (χ2v) is 4.92. The Labute approximate surface area is 119 Å². The average molecular weight is 269 g/mol. The molecule has 0 saturated carbocycles. The van der Waals surface area contributed by atoms with E-state index in [1.165, 1.54) is 23.8 Å². The number of methoxy groups -OCH3 is 1. The maximum atomic E-state index is 11.5. The second-order valence-electron chi connectivity index (χ2n) is 4.92. The summed E-state index contributed by atoms with van der Waals surface area (Å²) >= 11 is 0. The monoisotopic (exact) mass is 269 g/mol. The van der Waals surface area contributed by atoms with E-state index in [1.54, 1.807) is 12.1 Å². The molecule has 0 atom stereocenters. The highest BCUT2D eigenvalue weighted by Crippen LogP contribution is 2.14. The first-order valence-electron chi connectivity index (χ1n) is 6.58. The smallest absolute Gasteiger partial charge is 0.337 e. The van der Waals surface area contributed by atoms with Crippen LogP contribution in [0.25, 0.3) is 0 Å². The summed E-state index contributed by atoms with van der Waals surface area (Å²) in [7, 11) is 1.39. The van der Waals surface area contributed by atoms with Gasteiger partial charge in [-0.25, -0.2) is 4.79 Å². The van der Waals surface area contributed by atoms with Crippen molar-refractivity contribution in [2.45, 2.75) is 20.4 Å². The number of carbonyl (C=O) groups is 1. The van der Waals surface area contributed by atoms with Gasteiger partial charge in [0.05, 0.1) is 12.7 Å². The molecule has 2 rings (SSSR count). The quantitative estimate of drug-likeness (QED) is 0.860. The average Bonchev–Trinajstić information content (AvgIpc) is 2.43. The molecule has 0 aliphatic heterocycles. The lowest BCUT2D eigenvalue weighted by atomic mass is 10.1. The van der Waals surface area contributed by atoms with Gasteiger partial charge in [-0.3, -0.25) is 0 Å². The first-order chi connectivity index (χ1) is 9.58. The SMILES string of the molecule is COC(=O)c1cccc(NCc2cc(C)cc(C)c2)c1. The van der Waals surface area contributed by atoms with E-state index < -0.39 is 0 Å². The molecule has 0 unspecified atom stereocenters. The molecule has 3 nitrogen and oxygen atoms in total. The van der Waals surface area contributed by atoms with Crippen LogP contribution in [0, 0.1) is 13.8 Å². The summed E-state index contributed by atoms with van der Waals surface area (Å²) in [5.41, 5.74) is 5.20. The number of aryl methyl sites for hydroxylation is 2. The van der Waals surface area contributed by atoms with Gasteiger partial charge < -0.3 is 10.1 Å². The van der Waals surface area contributed by atoms with E-state index in [9.17, 15) is 4.79 Å². The van der Waals surface area contributed by atoms with Gasteiger partial charge in [-0.05, 0) is 37.6 Å². The third-order valence-corrected chi connectivity index (χ3v) is 3.06. The first kappa shape index (κ1) is 14.1. The van der Waals surface area contributed by atoms with Crippen molar-refractivity contribution in [1.29, 1.82) is 0 Å². The van der Waals surface area contributed by atoms with Crippen LogP contribution in [0.5, 0.6) is 0 Å². The van der Waals surface area contributed by atoms with Crippen molar-refractivity contribution in [3.05, 3.63) is 64.7 Å². The van der Waals surface area contributed by atoms with Crippen LogP contribution in [-0.2, 0) is 11.3 Å². The highest BCUT2D eigenvalue weighted by atomic mass is 16.5. The van der Waals surface area contributed by atoms with E-state index in [0.29, 0.717) is 5.56 Å². The minimum absolute atomic E-state index is 0.319. The summed E-state index contributed by atoms with van der Waals surface area (Å²) < 4.78 is 4.72. The summed E-state index contributed by atoms with van der Waals surface area (Å²) in [6.07, 6.45) is 0. The number of esters is 1. The summed E-state index contributed by atoms with van der Waals surface area (Å²) in [5.74, 6) is -0.319. The Morgan fingerprint density at radius 2 is 1.80 bits per heavy atom. The molecule has 0 aromatic heterocycles. The van der Waals surface area contributed by atoms with Crippen LogP contribution in [0.15, 0.2) is 42.5 Å². The highest BCUT2D eigenvalue weighted by molar-refractivity contribution is 5.90. The Hall–Kier alpha value is -2.29. The first-order valence-corrected chi connectivity index (χ1v) is 6.58. The Balaban J connectivity index is 2.09. The fourth-order valence-electron chi connectivity index (χ4n) is 2.25. The van der Waals surface area contributed by atoms with Gasteiger partial charge in [0.15, 0.2) is 0 Å². The number of hydrogen-bond donors (Lipinski definition) is 1. The van der Waals surface area contributed by atoms with Gasteiger partial charge in [0.25, 0.3) is 0 Å². The molecule has 0 heterocycles. The fourth-order valence-corrected chi connectivity index (χ4v) is 2.25. The van der Waals surface area contributed by atoms with Crippen LogP contribution < -0.4 is 5.32 Å². The number of benzene rings is 2. The molecule has 2 aromatic carbocycles. The zero-order valence-corrected chi connectivity index (χ0v) is 12.1. The third-order valence-electron chi connectivity index (χ3n) is 3.06. The molecule has 0 radical (unpaired) electrons. The van der Waals surface area contributed by atoms with Gasteiger partial charge in [-0.2, -0.15) is 0 Å². The molecule has 3 heteroatoms. The molecule has 104 valence electrons. The molecule has 0 bridgehead atoms. The maximum absolute atomic E-state index is 11.5. The minimum atomic E-state index is -0.319. The highest BCUT2D eigenvalue weighted by Gasteiger charge is 2.05. The van der Waals surface area contributed by atoms with Crippen LogP contribution in [0.4, 0.5) is 5.69 Å². The standard InChI is InChI=1S/C17H19NO2/c1-12-7-13(2)9-14(8-12)11-18-16-6-4-5-15(10-16)17(19)20-3/h4-10,18H,11H2,1-3H3. The zero-order valence-electron chi connectivity index (χ0n) is 12.1. The summed E-state index contributed by atoms with van der Waals surface area (Å²) in [5, 5.41) is 3.33. The Morgan fingerprint density at radius 1 is 1.10 bits per heavy atom. The van der Waals surface area contributed by atoms with Gasteiger partial charge in [-0.15, -0.1) is 0 Å². The summed E-state index contributed by atoms with van der Waals surface area (Å²) in [6.45, 7) is 4.91. The Bertz CT molecular complexity index is 600. The lowest BCUT2D eigenvalue weighted by molar-refractivity contribution is 0.0601. The normalized spacial score (nSPS) is 10.2. The molecule has 20 heavy (non-hydrogen) atoms. The van der Waals surface area contributed by atoms with E-state index in [-0.39, 0.29) is 5.97 Å². The topological polar surface area (TPSA) is 38.3 Å². The molecule has 0 aliphatic carbocycles. The van der Waals surface area contributed by atoms with Gasteiger partial charge in [0.1, 0.15) is 0 Å². The third kappa shape index (κ3) is 3.60. The van der Waals surface area contributed by atoms with Crippen LogP contribution in [0.1, 0.15) is 27.0 Å². The predicted molar refractivity (Wildman–Crippen MR) is 81.0 cm³/mol. The number of carbonyl (C=O) groups excluding carboxylic acids is 1. The van der Waals surface area contributed by atoms with E-state index >= 15 is 0 Å². The minimum Gasteiger partial charge on any atom is -0.465 e. The lowest BCUT2D eigenvalue weighted by Crippen LogP contribution is -2.04. The van der Waals surface area contributed by atoms with Crippen molar-refractivity contribution in [1.82, 2.24) is 0 Å². The Kier molecular flexibility index (Phi) is 4.41. The van der Waals surface area contributed by atoms with Gasteiger partial charge in [0.2, 0.25) is 0 Å². The number of ether oxygens (including phenoxy) is 1. The molecule has 1 N–H and O–H groups in total. The molecule has 0 fully saturated rings. The molecule has 0 amide bonds.